The maximum atomic E-state index is 10.7. The lowest BCUT2D eigenvalue weighted by Gasteiger charge is -2.03. The highest BCUT2D eigenvalue weighted by Gasteiger charge is 2.04. The third-order valence-electron chi connectivity index (χ3n) is 2.07. The summed E-state index contributed by atoms with van der Waals surface area (Å²) in [6.07, 6.45) is 0.852. The number of carbonyl (C=O) groups is 1. The fourth-order valence-corrected chi connectivity index (χ4v) is 2.29. The molecule has 0 fully saturated rings. The second-order valence-corrected chi connectivity index (χ2v) is 4.66. The summed E-state index contributed by atoms with van der Waals surface area (Å²) in [7, 11) is 0. The van der Waals surface area contributed by atoms with Crippen LogP contribution < -0.4 is 0 Å². The normalized spacial score (nSPS) is 10.4. The molecule has 0 amide bonds. The average molecular weight is 314 g/mol. The molecule has 0 unspecified atom stereocenters. The molecule has 0 aliphatic heterocycles. The van der Waals surface area contributed by atoms with Gasteiger partial charge < -0.3 is 0 Å². The van der Waals surface area contributed by atoms with Crippen molar-refractivity contribution in [1.82, 2.24) is 0 Å². The molecule has 2 rings (SSSR count). The Balaban J connectivity index is 2.86. The van der Waals surface area contributed by atoms with E-state index in [2.05, 4.69) is 31.9 Å². The standard InChI is InChI=1S/C11H6Br2O/c12-9-4-3-7-1-2-8(6-14)11(13)10(7)5-9/h1-6H. The largest absolute Gasteiger partial charge is 0.298 e. The molecule has 0 heterocycles. The number of carbonyl (C=O) groups excluding carboxylic acids is 1. The monoisotopic (exact) mass is 312 g/mol. The van der Waals surface area contributed by atoms with Crippen molar-refractivity contribution < 1.29 is 4.79 Å². The molecule has 0 aliphatic carbocycles. The van der Waals surface area contributed by atoms with Crippen LogP contribution in [0.1, 0.15) is 10.4 Å². The summed E-state index contributed by atoms with van der Waals surface area (Å²) in [5.41, 5.74) is 0.676. The number of hydrogen-bond acceptors (Lipinski definition) is 1. The molecule has 0 aliphatic rings. The van der Waals surface area contributed by atoms with Crippen molar-refractivity contribution in [1.29, 1.82) is 0 Å². The van der Waals surface area contributed by atoms with Gasteiger partial charge in [0, 0.05) is 14.5 Å². The van der Waals surface area contributed by atoms with E-state index >= 15 is 0 Å². The maximum absolute atomic E-state index is 10.7. The summed E-state index contributed by atoms with van der Waals surface area (Å²) in [6.45, 7) is 0. The highest BCUT2D eigenvalue weighted by atomic mass is 79.9. The van der Waals surface area contributed by atoms with Crippen LogP contribution >= 0.6 is 31.9 Å². The number of halogens is 2. The van der Waals surface area contributed by atoms with E-state index < -0.39 is 0 Å². The van der Waals surface area contributed by atoms with Gasteiger partial charge in [-0.25, -0.2) is 0 Å². The zero-order valence-electron chi connectivity index (χ0n) is 7.13. The molecular weight excluding hydrogens is 308 g/mol. The Morgan fingerprint density at radius 1 is 1.07 bits per heavy atom. The third-order valence-corrected chi connectivity index (χ3v) is 3.45. The van der Waals surface area contributed by atoms with Crippen LogP contribution in [0.5, 0.6) is 0 Å². The van der Waals surface area contributed by atoms with Crippen LogP contribution in [0.15, 0.2) is 39.3 Å². The molecule has 0 atom stereocenters. The average Bonchev–Trinajstić information content (AvgIpc) is 2.20. The Morgan fingerprint density at radius 2 is 1.79 bits per heavy atom. The first-order chi connectivity index (χ1) is 6.72. The molecule has 0 spiro atoms. The number of benzene rings is 2. The minimum absolute atomic E-state index is 0.676. The first-order valence-electron chi connectivity index (χ1n) is 4.05. The molecule has 0 aromatic heterocycles. The summed E-state index contributed by atoms with van der Waals surface area (Å²) >= 11 is 6.83. The van der Waals surface area contributed by atoms with Crippen LogP contribution in [0.4, 0.5) is 0 Å². The number of aldehydes is 1. The molecule has 0 saturated heterocycles. The summed E-state index contributed by atoms with van der Waals surface area (Å²) in [4.78, 5) is 10.7. The van der Waals surface area contributed by atoms with Crippen molar-refractivity contribution in [2.24, 2.45) is 0 Å². The summed E-state index contributed by atoms with van der Waals surface area (Å²) in [5.74, 6) is 0. The predicted octanol–water partition coefficient (Wildman–Crippen LogP) is 4.18. The van der Waals surface area contributed by atoms with E-state index in [1.54, 1.807) is 0 Å². The number of hydrogen-bond donors (Lipinski definition) is 0. The highest BCUT2D eigenvalue weighted by Crippen LogP contribution is 2.29. The van der Waals surface area contributed by atoms with Gasteiger partial charge in [-0.3, -0.25) is 4.79 Å². The predicted molar refractivity (Wildman–Crippen MR) is 64.7 cm³/mol. The van der Waals surface area contributed by atoms with Crippen molar-refractivity contribution in [2.75, 3.05) is 0 Å². The highest BCUT2D eigenvalue weighted by molar-refractivity contribution is 9.11. The van der Waals surface area contributed by atoms with Crippen LogP contribution in [-0.2, 0) is 0 Å². The molecule has 2 aromatic carbocycles. The topological polar surface area (TPSA) is 17.1 Å². The lowest BCUT2D eigenvalue weighted by molar-refractivity contribution is 0.112. The lowest BCUT2D eigenvalue weighted by atomic mass is 10.1. The number of fused-ring (bicyclic) bond motifs is 1. The van der Waals surface area contributed by atoms with Crippen molar-refractivity contribution in [3.05, 3.63) is 44.8 Å². The van der Waals surface area contributed by atoms with Gasteiger partial charge in [0.2, 0.25) is 0 Å². The Labute approximate surface area is 98.4 Å². The molecular formula is C11H6Br2O. The van der Waals surface area contributed by atoms with Crippen LogP contribution in [0.25, 0.3) is 10.8 Å². The second kappa shape index (κ2) is 3.83. The molecule has 14 heavy (non-hydrogen) atoms. The van der Waals surface area contributed by atoms with Crippen LogP contribution in [0.3, 0.4) is 0 Å². The van der Waals surface area contributed by atoms with E-state index in [4.69, 9.17) is 0 Å². The van der Waals surface area contributed by atoms with Gasteiger partial charge in [0.05, 0.1) is 0 Å². The summed E-state index contributed by atoms with van der Waals surface area (Å²) in [5, 5.41) is 2.16. The smallest absolute Gasteiger partial charge is 0.151 e. The van der Waals surface area contributed by atoms with Crippen molar-refractivity contribution in [2.45, 2.75) is 0 Å². The van der Waals surface area contributed by atoms with Gasteiger partial charge in [-0.15, -0.1) is 0 Å². The Hall–Kier alpha value is -0.670. The van der Waals surface area contributed by atoms with E-state index in [0.717, 1.165) is 26.0 Å². The van der Waals surface area contributed by atoms with Gasteiger partial charge >= 0.3 is 0 Å². The zero-order valence-corrected chi connectivity index (χ0v) is 10.3. The minimum Gasteiger partial charge on any atom is -0.298 e. The third kappa shape index (κ3) is 1.62. The van der Waals surface area contributed by atoms with E-state index in [-0.39, 0.29) is 0 Å². The van der Waals surface area contributed by atoms with Gasteiger partial charge in [-0.1, -0.05) is 28.1 Å². The molecule has 0 saturated carbocycles. The summed E-state index contributed by atoms with van der Waals surface area (Å²) < 4.78 is 1.86. The first-order valence-corrected chi connectivity index (χ1v) is 5.64. The van der Waals surface area contributed by atoms with E-state index in [1.165, 1.54) is 0 Å². The van der Waals surface area contributed by atoms with Gasteiger partial charge in [0.25, 0.3) is 0 Å². The molecule has 1 nitrogen and oxygen atoms in total. The SMILES string of the molecule is O=Cc1ccc2ccc(Br)cc2c1Br. The molecule has 2 aromatic rings. The van der Waals surface area contributed by atoms with Crippen LogP contribution in [-0.4, -0.2) is 6.29 Å². The molecule has 0 N–H and O–H groups in total. The quantitative estimate of drug-likeness (QED) is 0.722. The first kappa shape index (κ1) is 9.87. The Morgan fingerprint density at radius 3 is 2.50 bits per heavy atom. The molecule has 0 bridgehead atoms. The fourth-order valence-electron chi connectivity index (χ4n) is 1.36. The zero-order chi connectivity index (χ0) is 10.1. The van der Waals surface area contributed by atoms with Crippen molar-refractivity contribution >= 4 is 48.9 Å². The van der Waals surface area contributed by atoms with Crippen LogP contribution in [0, 0.1) is 0 Å². The fraction of sp³-hybridized carbons (Fsp3) is 0. The van der Waals surface area contributed by atoms with E-state index in [1.807, 2.05) is 30.3 Å². The molecule has 3 heteroatoms. The van der Waals surface area contributed by atoms with Gasteiger partial charge in [-0.05, 0) is 44.9 Å². The Bertz CT molecular complexity index is 506. The lowest BCUT2D eigenvalue weighted by Crippen LogP contribution is -1.84. The molecule has 0 radical (unpaired) electrons. The van der Waals surface area contributed by atoms with Crippen molar-refractivity contribution in [3.63, 3.8) is 0 Å². The van der Waals surface area contributed by atoms with Gasteiger partial charge in [-0.2, -0.15) is 0 Å². The van der Waals surface area contributed by atoms with Gasteiger partial charge in [0.1, 0.15) is 0 Å². The Kier molecular flexibility index (Phi) is 2.70. The molecule has 70 valence electrons. The number of rotatable bonds is 1. The van der Waals surface area contributed by atoms with E-state index in [0.29, 0.717) is 5.56 Å². The van der Waals surface area contributed by atoms with Crippen LogP contribution in [0.2, 0.25) is 0 Å². The van der Waals surface area contributed by atoms with E-state index in [9.17, 15) is 4.79 Å². The van der Waals surface area contributed by atoms with Crippen molar-refractivity contribution in [3.8, 4) is 0 Å². The van der Waals surface area contributed by atoms with Gasteiger partial charge in [0.15, 0.2) is 6.29 Å². The summed E-state index contributed by atoms with van der Waals surface area (Å²) in [6, 6.07) is 9.74. The maximum Gasteiger partial charge on any atom is 0.151 e. The minimum atomic E-state index is 0.676. The second-order valence-electron chi connectivity index (χ2n) is 2.95.